The molecular weight excluding hydrogens is 715 g/mol. The Bertz CT molecular complexity index is 2680. The van der Waals surface area contributed by atoms with Crippen molar-refractivity contribution in [2.75, 3.05) is 9.80 Å². The predicted molar refractivity (Wildman–Crippen MR) is 238 cm³/mol. The second kappa shape index (κ2) is 16.4. The summed E-state index contributed by atoms with van der Waals surface area (Å²) in [4.78, 5) is 4.30. The number of anilines is 6. The van der Waals surface area contributed by atoms with E-state index in [4.69, 9.17) is 0 Å². The summed E-state index contributed by atoms with van der Waals surface area (Å²) in [6.07, 6.45) is 8.83. The molecule has 1 aliphatic carbocycles. The minimum absolute atomic E-state index is 0.265. The molecule has 0 spiro atoms. The molecular formula is C54H40F2N2. The van der Waals surface area contributed by atoms with Crippen molar-refractivity contribution in [3.8, 4) is 33.4 Å². The van der Waals surface area contributed by atoms with Gasteiger partial charge in [0.2, 0.25) is 0 Å². The highest BCUT2D eigenvalue weighted by atomic mass is 19.1. The van der Waals surface area contributed by atoms with Crippen LogP contribution in [0.1, 0.15) is 18.4 Å². The number of rotatable bonds is 10. The molecule has 0 saturated carbocycles. The van der Waals surface area contributed by atoms with E-state index in [9.17, 15) is 8.78 Å². The Labute approximate surface area is 338 Å². The van der Waals surface area contributed by atoms with Crippen LogP contribution in [0.4, 0.5) is 42.9 Å². The molecule has 8 aromatic carbocycles. The minimum atomic E-state index is -0.270. The number of halogens is 2. The van der Waals surface area contributed by atoms with Crippen molar-refractivity contribution in [2.45, 2.75) is 12.8 Å². The zero-order chi connectivity index (χ0) is 39.3. The molecule has 280 valence electrons. The van der Waals surface area contributed by atoms with Crippen molar-refractivity contribution >= 4 is 39.7 Å². The summed E-state index contributed by atoms with van der Waals surface area (Å²) in [5.41, 5.74) is 14.8. The number of hydrogen-bond acceptors (Lipinski definition) is 2. The van der Waals surface area contributed by atoms with Crippen molar-refractivity contribution in [2.24, 2.45) is 0 Å². The van der Waals surface area contributed by atoms with Crippen LogP contribution in [0.15, 0.2) is 218 Å². The summed E-state index contributed by atoms with van der Waals surface area (Å²) in [7, 11) is 0. The van der Waals surface area contributed by atoms with Crippen molar-refractivity contribution in [3.05, 3.63) is 236 Å². The van der Waals surface area contributed by atoms with Gasteiger partial charge in [0.05, 0.1) is 0 Å². The van der Waals surface area contributed by atoms with Crippen LogP contribution in [0.2, 0.25) is 0 Å². The van der Waals surface area contributed by atoms with Crippen molar-refractivity contribution in [3.63, 3.8) is 0 Å². The SMILES string of the molecule is Fc1ccc(N(c2ccc(C3=CCCC=C3)cc2)c2ccc(-c3cccc(-c4ccc(N(c5ccc(F)cc5)c5ccc(-c6ccccc6)cc5)cc4)c3)cc2)cc1. The molecule has 0 radical (unpaired) electrons. The topological polar surface area (TPSA) is 6.48 Å². The highest BCUT2D eigenvalue weighted by Gasteiger charge is 2.16. The van der Waals surface area contributed by atoms with Crippen LogP contribution < -0.4 is 9.80 Å². The smallest absolute Gasteiger partial charge is 0.123 e. The van der Waals surface area contributed by atoms with Gasteiger partial charge in [-0.05, 0) is 160 Å². The Hall–Kier alpha value is -7.30. The van der Waals surface area contributed by atoms with E-state index in [2.05, 4.69) is 161 Å². The van der Waals surface area contributed by atoms with Crippen LogP contribution in [0.5, 0.6) is 0 Å². The van der Waals surface area contributed by atoms with Gasteiger partial charge in [-0.15, -0.1) is 0 Å². The molecule has 0 N–H and O–H groups in total. The van der Waals surface area contributed by atoms with Crippen LogP contribution in [-0.2, 0) is 0 Å². The Morgan fingerprint density at radius 2 is 0.655 bits per heavy atom. The fourth-order valence-corrected chi connectivity index (χ4v) is 7.62. The van der Waals surface area contributed by atoms with Crippen molar-refractivity contribution in [1.82, 2.24) is 0 Å². The third-order valence-electron chi connectivity index (χ3n) is 10.6. The van der Waals surface area contributed by atoms with Gasteiger partial charge >= 0.3 is 0 Å². The van der Waals surface area contributed by atoms with Crippen LogP contribution in [0, 0.1) is 11.6 Å². The fourth-order valence-electron chi connectivity index (χ4n) is 7.62. The summed E-state index contributed by atoms with van der Waals surface area (Å²) in [5, 5.41) is 0. The van der Waals surface area contributed by atoms with Crippen LogP contribution in [-0.4, -0.2) is 0 Å². The number of benzene rings is 8. The minimum Gasteiger partial charge on any atom is -0.311 e. The second-order valence-electron chi connectivity index (χ2n) is 14.4. The van der Waals surface area contributed by atoms with Crippen molar-refractivity contribution in [1.29, 1.82) is 0 Å². The van der Waals surface area contributed by atoms with E-state index >= 15 is 0 Å². The first-order valence-electron chi connectivity index (χ1n) is 19.6. The highest BCUT2D eigenvalue weighted by molar-refractivity contribution is 5.83. The second-order valence-corrected chi connectivity index (χ2v) is 14.4. The van der Waals surface area contributed by atoms with E-state index < -0.39 is 0 Å². The van der Waals surface area contributed by atoms with Crippen molar-refractivity contribution < 1.29 is 8.78 Å². The van der Waals surface area contributed by atoms with Gasteiger partial charge < -0.3 is 9.80 Å². The fraction of sp³-hybridized carbons (Fsp3) is 0.0370. The molecule has 8 aromatic rings. The normalized spacial score (nSPS) is 12.2. The molecule has 1 aliphatic rings. The molecule has 0 atom stereocenters. The lowest BCUT2D eigenvalue weighted by Crippen LogP contribution is -2.10. The maximum Gasteiger partial charge on any atom is 0.123 e. The molecule has 2 nitrogen and oxygen atoms in total. The zero-order valence-electron chi connectivity index (χ0n) is 31.8. The largest absolute Gasteiger partial charge is 0.311 e. The summed E-state index contributed by atoms with van der Waals surface area (Å²) in [6, 6.07) is 66.2. The van der Waals surface area contributed by atoms with Crippen LogP contribution >= 0.6 is 0 Å². The highest BCUT2D eigenvalue weighted by Crippen LogP contribution is 2.39. The lowest BCUT2D eigenvalue weighted by atomic mass is 9.98. The van der Waals surface area contributed by atoms with Gasteiger partial charge in [0, 0.05) is 34.1 Å². The Morgan fingerprint density at radius 3 is 1.05 bits per heavy atom. The van der Waals surface area contributed by atoms with E-state index in [0.29, 0.717) is 0 Å². The van der Waals surface area contributed by atoms with E-state index in [-0.39, 0.29) is 11.6 Å². The van der Waals surface area contributed by atoms with Gasteiger partial charge in [-0.3, -0.25) is 0 Å². The molecule has 0 saturated heterocycles. The lowest BCUT2D eigenvalue weighted by molar-refractivity contribution is 0.627. The van der Waals surface area contributed by atoms with Gasteiger partial charge in [-0.1, -0.05) is 115 Å². The van der Waals surface area contributed by atoms with E-state index in [1.165, 1.54) is 35.4 Å². The summed E-state index contributed by atoms with van der Waals surface area (Å²) in [5.74, 6) is -0.534. The zero-order valence-corrected chi connectivity index (χ0v) is 31.8. The van der Waals surface area contributed by atoms with E-state index in [0.717, 1.165) is 80.3 Å². The quantitative estimate of drug-likeness (QED) is 0.137. The molecule has 0 fully saturated rings. The van der Waals surface area contributed by atoms with Crippen LogP contribution in [0.3, 0.4) is 0 Å². The first-order valence-corrected chi connectivity index (χ1v) is 19.6. The molecule has 0 heterocycles. The summed E-state index contributed by atoms with van der Waals surface area (Å²) >= 11 is 0. The maximum absolute atomic E-state index is 14.0. The Morgan fingerprint density at radius 1 is 0.310 bits per heavy atom. The molecule has 0 aliphatic heterocycles. The number of hydrogen-bond donors (Lipinski definition) is 0. The number of nitrogens with zero attached hydrogens (tertiary/aromatic N) is 2. The third kappa shape index (κ3) is 7.86. The first kappa shape index (κ1) is 36.3. The molecule has 9 rings (SSSR count). The Kier molecular flexibility index (Phi) is 10.3. The molecule has 58 heavy (non-hydrogen) atoms. The van der Waals surface area contributed by atoms with Gasteiger partial charge in [-0.25, -0.2) is 8.78 Å². The molecule has 0 amide bonds. The third-order valence-corrected chi connectivity index (χ3v) is 10.6. The van der Waals surface area contributed by atoms with Gasteiger partial charge in [-0.2, -0.15) is 0 Å². The first-order chi connectivity index (χ1) is 28.6. The summed E-state index contributed by atoms with van der Waals surface area (Å²) < 4.78 is 28.1. The van der Waals surface area contributed by atoms with Gasteiger partial charge in [0.15, 0.2) is 0 Å². The standard InChI is InChI=1S/C54H40F2N2/c55-47-22-34-53(35-23-47)57(49-26-14-41(15-27-49)39-8-3-1-4-9-39)51-30-18-43(19-31-51)45-12-7-13-46(38-45)44-20-32-52(33-21-44)58(54-36-24-48(56)25-37-54)50-28-16-42(17-29-50)40-10-5-2-6-11-40/h1,3-5,7-38H,2,6H2. The predicted octanol–water partition coefficient (Wildman–Crippen LogP) is 15.6. The Balaban J connectivity index is 0.984. The van der Waals surface area contributed by atoms with E-state index in [1.807, 2.05) is 42.5 Å². The molecule has 0 aromatic heterocycles. The monoisotopic (exact) mass is 754 g/mol. The maximum atomic E-state index is 14.0. The summed E-state index contributed by atoms with van der Waals surface area (Å²) in [6.45, 7) is 0. The van der Waals surface area contributed by atoms with Gasteiger partial charge in [0.1, 0.15) is 11.6 Å². The van der Waals surface area contributed by atoms with E-state index in [1.54, 1.807) is 0 Å². The molecule has 0 unspecified atom stereocenters. The molecule has 4 heteroatoms. The average Bonchev–Trinajstić information content (AvgIpc) is 3.29. The average molecular weight is 755 g/mol. The lowest BCUT2D eigenvalue weighted by Gasteiger charge is -2.26. The molecule has 0 bridgehead atoms. The number of allylic oxidation sites excluding steroid dienone is 4. The van der Waals surface area contributed by atoms with Crippen LogP contribution in [0.25, 0.3) is 39.0 Å². The van der Waals surface area contributed by atoms with Gasteiger partial charge in [0.25, 0.3) is 0 Å².